The molecular weight excluding hydrogens is 320 g/mol. The number of rotatable bonds is 10. The van der Waals surface area contributed by atoms with Crippen molar-refractivity contribution in [3.05, 3.63) is 48.0 Å². The first-order chi connectivity index (χ1) is 12.1. The Balaban J connectivity index is 1.80. The van der Waals surface area contributed by atoms with Crippen molar-refractivity contribution in [2.45, 2.75) is 50.9 Å². The van der Waals surface area contributed by atoms with E-state index in [0.717, 1.165) is 5.56 Å². The van der Waals surface area contributed by atoms with Crippen LogP contribution in [0.25, 0.3) is 0 Å². The molecule has 1 aliphatic rings. The molecule has 1 aromatic rings. The van der Waals surface area contributed by atoms with Gasteiger partial charge in [0.2, 0.25) is 0 Å². The molecule has 2 rings (SSSR count). The van der Waals surface area contributed by atoms with Crippen LogP contribution in [0.5, 0.6) is 0 Å². The van der Waals surface area contributed by atoms with Crippen molar-refractivity contribution in [2.24, 2.45) is 11.8 Å². The number of hydrogen-bond donors (Lipinski definition) is 3. The minimum atomic E-state index is -0.779. The van der Waals surface area contributed by atoms with Crippen molar-refractivity contribution >= 4 is 5.97 Å². The fourth-order valence-electron chi connectivity index (χ4n) is 3.44. The smallest absolute Gasteiger partial charge is 0.303 e. The SMILES string of the molecule is O=C(O)CCC/C=C\C[C@@H]1[C@@H](CO)[C@H](OCc2ccccc2)C[C@@H]1O. The number of benzene rings is 1. The van der Waals surface area contributed by atoms with Crippen LogP contribution in [0, 0.1) is 11.8 Å². The molecule has 5 heteroatoms. The van der Waals surface area contributed by atoms with E-state index in [4.69, 9.17) is 9.84 Å². The Morgan fingerprint density at radius 2 is 1.96 bits per heavy atom. The van der Waals surface area contributed by atoms with Crippen molar-refractivity contribution in [2.75, 3.05) is 6.61 Å². The molecule has 0 aromatic heterocycles. The minimum Gasteiger partial charge on any atom is -0.481 e. The zero-order valence-corrected chi connectivity index (χ0v) is 14.5. The number of carboxylic acid groups (broad SMARTS) is 1. The molecule has 5 nitrogen and oxygen atoms in total. The molecule has 4 atom stereocenters. The summed E-state index contributed by atoms with van der Waals surface area (Å²) >= 11 is 0. The first kappa shape index (κ1) is 19.6. The number of aliphatic hydroxyl groups is 2. The van der Waals surface area contributed by atoms with Gasteiger partial charge in [-0.25, -0.2) is 0 Å². The first-order valence-electron chi connectivity index (χ1n) is 8.93. The lowest BCUT2D eigenvalue weighted by molar-refractivity contribution is -0.137. The average molecular weight is 348 g/mol. The molecule has 3 N–H and O–H groups in total. The van der Waals surface area contributed by atoms with E-state index in [1.807, 2.05) is 42.5 Å². The summed E-state index contributed by atoms with van der Waals surface area (Å²) in [5.41, 5.74) is 1.08. The predicted molar refractivity (Wildman–Crippen MR) is 95.0 cm³/mol. The van der Waals surface area contributed by atoms with Gasteiger partial charge in [-0.2, -0.15) is 0 Å². The molecule has 25 heavy (non-hydrogen) atoms. The molecule has 0 unspecified atom stereocenters. The summed E-state index contributed by atoms with van der Waals surface area (Å²) in [4.78, 5) is 10.5. The van der Waals surface area contributed by atoms with Crippen LogP contribution in [-0.2, 0) is 16.1 Å². The number of ether oxygens (including phenoxy) is 1. The maximum atomic E-state index is 10.5. The molecule has 0 saturated heterocycles. The maximum absolute atomic E-state index is 10.5. The molecule has 0 aliphatic heterocycles. The van der Waals surface area contributed by atoms with E-state index in [2.05, 4.69) is 0 Å². The van der Waals surface area contributed by atoms with Gasteiger partial charge in [0, 0.05) is 25.4 Å². The van der Waals surface area contributed by atoms with Gasteiger partial charge in [0.25, 0.3) is 0 Å². The van der Waals surface area contributed by atoms with Gasteiger partial charge in [-0.05, 0) is 30.7 Å². The Labute approximate surface area is 149 Å². The van der Waals surface area contributed by atoms with Crippen molar-refractivity contribution in [1.82, 2.24) is 0 Å². The molecule has 138 valence electrons. The van der Waals surface area contributed by atoms with Gasteiger partial charge < -0.3 is 20.1 Å². The summed E-state index contributed by atoms with van der Waals surface area (Å²) in [6.07, 6.45) is 6.02. The second kappa shape index (κ2) is 10.3. The number of unbranched alkanes of at least 4 members (excludes halogenated alkanes) is 1. The van der Waals surface area contributed by atoms with Crippen molar-refractivity contribution in [1.29, 1.82) is 0 Å². The number of allylic oxidation sites excluding steroid dienone is 2. The summed E-state index contributed by atoms with van der Waals surface area (Å²) in [6.45, 7) is 0.473. The number of carboxylic acids is 1. The van der Waals surface area contributed by atoms with Crippen molar-refractivity contribution < 1.29 is 24.9 Å². The zero-order chi connectivity index (χ0) is 18.1. The Bertz CT molecular complexity index is 542. The molecule has 1 saturated carbocycles. The van der Waals surface area contributed by atoms with Gasteiger partial charge in [0.05, 0.1) is 18.8 Å². The van der Waals surface area contributed by atoms with Crippen LogP contribution in [0.3, 0.4) is 0 Å². The van der Waals surface area contributed by atoms with Crippen LogP contribution >= 0.6 is 0 Å². The van der Waals surface area contributed by atoms with Crippen LogP contribution in [0.2, 0.25) is 0 Å². The lowest BCUT2D eigenvalue weighted by Crippen LogP contribution is -2.26. The molecule has 0 bridgehead atoms. The number of hydrogen-bond acceptors (Lipinski definition) is 4. The quantitative estimate of drug-likeness (QED) is 0.447. The molecule has 1 aromatic carbocycles. The van der Waals surface area contributed by atoms with E-state index in [1.165, 1.54) is 0 Å². The van der Waals surface area contributed by atoms with Crippen LogP contribution in [0.15, 0.2) is 42.5 Å². The van der Waals surface area contributed by atoms with Crippen LogP contribution in [0.4, 0.5) is 0 Å². The zero-order valence-electron chi connectivity index (χ0n) is 14.5. The van der Waals surface area contributed by atoms with E-state index in [1.54, 1.807) is 0 Å². The molecule has 1 aliphatic carbocycles. The highest BCUT2D eigenvalue weighted by atomic mass is 16.5. The maximum Gasteiger partial charge on any atom is 0.303 e. The minimum absolute atomic E-state index is 0.00592. The third-order valence-corrected chi connectivity index (χ3v) is 4.85. The molecule has 0 heterocycles. The Hall–Kier alpha value is -1.69. The van der Waals surface area contributed by atoms with Gasteiger partial charge in [0.1, 0.15) is 0 Å². The summed E-state index contributed by atoms with van der Waals surface area (Å²) < 4.78 is 5.96. The third-order valence-electron chi connectivity index (χ3n) is 4.85. The predicted octanol–water partition coefficient (Wildman–Crippen LogP) is 2.76. The Morgan fingerprint density at radius 1 is 1.20 bits per heavy atom. The van der Waals surface area contributed by atoms with Crippen LogP contribution in [-0.4, -0.2) is 40.1 Å². The second-order valence-corrected chi connectivity index (χ2v) is 6.64. The normalized spacial score (nSPS) is 26.3. The number of aliphatic carboxylic acids is 1. The third kappa shape index (κ3) is 6.27. The molecule has 0 amide bonds. The fraction of sp³-hybridized carbons (Fsp3) is 0.550. The van der Waals surface area contributed by atoms with Gasteiger partial charge in [0.15, 0.2) is 0 Å². The molecule has 0 spiro atoms. The summed E-state index contributed by atoms with van der Waals surface area (Å²) in [6, 6.07) is 9.87. The number of carbonyl (C=O) groups is 1. The van der Waals surface area contributed by atoms with E-state index < -0.39 is 12.1 Å². The van der Waals surface area contributed by atoms with Gasteiger partial charge >= 0.3 is 5.97 Å². The van der Waals surface area contributed by atoms with Crippen molar-refractivity contribution in [3.63, 3.8) is 0 Å². The fourth-order valence-corrected chi connectivity index (χ4v) is 3.44. The molecule has 0 radical (unpaired) electrons. The monoisotopic (exact) mass is 348 g/mol. The van der Waals surface area contributed by atoms with Gasteiger partial charge in [-0.3, -0.25) is 4.79 Å². The summed E-state index contributed by atoms with van der Waals surface area (Å²) in [7, 11) is 0. The second-order valence-electron chi connectivity index (χ2n) is 6.64. The summed E-state index contributed by atoms with van der Waals surface area (Å²) in [5, 5.41) is 28.7. The lowest BCUT2D eigenvalue weighted by Gasteiger charge is -2.23. The lowest BCUT2D eigenvalue weighted by atomic mass is 9.91. The van der Waals surface area contributed by atoms with Gasteiger partial charge in [-0.15, -0.1) is 0 Å². The topological polar surface area (TPSA) is 87.0 Å². The summed E-state index contributed by atoms with van der Waals surface area (Å²) in [5.74, 6) is -0.887. The molecule has 1 fully saturated rings. The standard InChI is InChI=1S/C20H28O5/c21-13-17-16(10-6-1-2-7-11-20(23)24)18(22)12-19(17)25-14-15-8-4-3-5-9-15/h1,3-6,8-9,16-19,21-22H,2,7,10-14H2,(H,23,24)/b6-1-/t16-,17-,18+,19-/m1/s1. The highest BCUT2D eigenvalue weighted by molar-refractivity contribution is 5.66. The number of aliphatic hydroxyl groups excluding tert-OH is 2. The molecular formula is C20H28O5. The van der Waals surface area contributed by atoms with E-state index in [0.29, 0.717) is 32.3 Å². The Morgan fingerprint density at radius 3 is 2.64 bits per heavy atom. The van der Waals surface area contributed by atoms with Crippen molar-refractivity contribution in [3.8, 4) is 0 Å². The van der Waals surface area contributed by atoms with Crippen LogP contribution < -0.4 is 0 Å². The highest BCUT2D eigenvalue weighted by Crippen LogP contribution is 2.37. The van der Waals surface area contributed by atoms with Crippen LogP contribution in [0.1, 0.15) is 37.7 Å². The van der Waals surface area contributed by atoms with E-state index in [-0.39, 0.29) is 31.0 Å². The first-order valence-corrected chi connectivity index (χ1v) is 8.93. The van der Waals surface area contributed by atoms with E-state index in [9.17, 15) is 15.0 Å². The van der Waals surface area contributed by atoms with Gasteiger partial charge in [-0.1, -0.05) is 42.5 Å². The highest BCUT2D eigenvalue weighted by Gasteiger charge is 2.42. The van der Waals surface area contributed by atoms with E-state index >= 15 is 0 Å². The average Bonchev–Trinajstić information content (AvgIpc) is 2.91. The largest absolute Gasteiger partial charge is 0.481 e. The Kier molecular flexibility index (Phi) is 8.12.